The lowest BCUT2D eigenvalue weighted by Crippen LogP contribution is -2.21. The molecule has 1 aliphatic carbocycles. The largest absolute Gasteiger partial charge is 0.480 e. The molecule has 3 rings (SSSR count). The molecule has 2 aromatic heterocycles. The maximum atomic E-state index is 6.15. The summed E-state index contributed by atoms with van der Waals surface area (Å²) in [4.78, 5) is 13.0. The van der Waals surface area contributed by atoms with Crippen molar-refractivity contribution in [2.75, 3.05) is 31.0 Å². The molecule has 2 aromatic rings. The Morgan fingerprint density at radius 1 is 1.12 bits per heavy atom. The Kier molecular flexibility index (Phi) is 5.18. The number of ether oxygens (including phenoxy) is 2. The van der Waals surface area contributed by atoms with E-state index in [1.165, 1.54) is 0 Å². The Morgan fingerprint density at radius 2 is 1.88 bits per heavy atom. The molecule has 0 spiro atoms. The lowest BCUT2D eigenvalue weighted by Gasteiger charge is -2.28. The third kappa shape index (κ3) is 3.74. The van der Waals surface area contributed by atoms with Crippen molar-refractivity contribution in [2.45, 2.75) is 37.7 Å². The van der Waals surface area contributed by atoms with Crippen LogP contribution in [-0.2, 0) is 4.74 Å². The summed E-state index contributed by atoms with van der Waals surface area (Å²) in [7, 11) is 3.32. The molecule has 8 heteroatoms. The zero-order chi connectivity index (χ0) is 17.8. The number of rotatable bonds is 5. The van der Waals surface area contributed by atoms with Gasteiger partial charge in [0.1, 0.15) is 5.69 Å². The first-order valence-corrected chi connectivity index (χ1v) is 8.34. The molecule has 8 nitrogen and oxygen atoms in total. The van der Waals surface area contributed by atoms with Gasteiger partial charge >= 0.3 is 0 Å². The van der Waals surface area contributed by atoms with Gasteiger partial charge in [0.2, 0.25) is 11.8 Å². The van der Waals surface area contributed by atoms with Gasteiger partial charge in [-0.05, 0) is 37.8 Å². The van der Waals surface area contributed by atoms with Crippen molar-refractivity contribution in [2.24, 2.45) is 0 Å². The number of nitrogens with zero attached hydrogens (tertiary/aromatic N) is 3. The molecule has 25 heavy (non-hydrogen) atoms. The first kappa shape index (κ1) is 17.2. The summed E-state index contributed by atoms with van der Waals surface area (Å²) < 4.78 is 10.7. The number of nitrogen functional groups attached to an aromatic ring is 2. The van der Waals surface area contributed by atoms with Crippen molar-refractivity contribution in [1.29, 1.82) is 0 Å². The average Bonchev–Trinajstić information content (AvgIpc) is 2.65. The third-order valence-corrected chi connectivity index (χ3v) is 4.61. The van der Waals surface area contributed by atoms with Crippen LogP contribution in [0.5, 0.6) is 5.88 Å². The van der Waals surface area contributed by atoms with E-state index in [9.17, 15) is 0 Å². The number of nitrogens with one attached hydrogen (secondary N) is 1. The van der Waals surface area contributed by atoms with Gasteiger partial charge in [0, 0.05) is 19.2 Å². The zero-order valence-corrected chi connectivity index (χ0v) is 14.5. The Hall–Kier alpha value is -2.61. The maximum Gasteiger partial charge on any atom is 0.237 e. The van der Waals surface area contributed by atoms with Gasteiger partial charge < -0.3 is 26.3 Å². The summed E-state index contributed by atoms with van der Waals surface area (Å²) >= 11 is 0. The molecule has 0 amide bonds. The SMILES string of the molecule is COc1ncccc1Nc1nc(N)c(N)c([C@H]2CC[C@H](OC)CC2)n1. The summed E-state index contributed by atoms with van der Waals surface area (Å²) in [5, 5.41) is 3.12. The Balaban J connectivity index is 1.86. The summed E-state index contributed by atoms with van der Waals surface area (Å²) in [5.41, 5.74) is 14.1. The van der Waals surface area contributed by atoms with E-state index >= 15 is 0 Å². The zero-order valence-electron chi connectivity index (χ0n) is 14.5. The molecule has 2 heterocycles. The molecule has 134 valence electrons. The second kappa shape index (κ2) is 7.52. The number of aromatic nitrogens is 3. The van der Waals surface area contributed by atoms with Crippen LogP contribution in [0.2, 0.25) is 0 Å². The van der Waals surface area contributed by atoms with E-state index < -0.39 is 0 Å². The van der Waals surface area contributed by atoms with Crippen molar-refractivity contribution >= 4 is 23.1 Å². The van der Waals surface area contributed by atoms with Crippen molar-refractivity contribution in [3.63, 3.8) is 0 Å². The molecule has 0 atom stereocenters. The fraction of sp³-hybridized carbons (Fsp3) is 0.471. The number of hydrogen-bond acceptors (Lipinski definition) is 8. The predicted molar refractivity (Wildman–Crippen MR) is 96.9 cm³/mol. The van der Waals surface area contributed by atoms with E-state index in [1.54, 1.807) is 26.5 Å². The molecule has 0 unspecified atom stereocenters. The molecule has 0 radical (unpaired) electrons. The van der Waals surface area contributed by atoms with Gasteiger partial charge in [-0.25, -0.2) is 9.97 Å². The van der Waals surface area contributed by atoms with E-state index in [1.807, 2.05) is 6.07 Å². The van der Waals surface area contributed by atoms with Gasteiger partial charge in [-0.1, -0.05) is 0 Å². The number of methoxy groups -OCH3 is 2. The first-order valence-electron chi connectivity index (χ1n) is 8.34. The van der Waals surface area contributed by atoms with Crippen LogP contribution in [0.1, 0.15) is 37.3 Å². The van der Waals surface area contributed by atoms with Gasteiger partial charge in [0.15, 0.2) is 5.82 Å². The van der Waals surface area contributed by atoms with Crippen molar-refractivity contribution in [1.82, 2.24) is 15.0 Å². The van der Waals surface area contributed by atoms with Crippen LogP contribution in [0.4, 0.5) is 23.1 Å². The van der Waals surface area contributed by atoms with Crippen molar-refractivity contribution in [3.8, 4) is 5.88 Å². The second-order valence-electron chi connectivity index (χ2n) is 6.13. The van der Waals surface area contributed by atoms with E-state index in [0.717, 1.165) is 31.4 Å². The highest BCUT2D eigenvalue weighted by atomic mass is 16.5. The summed E-state index contributed by atoms with van der Waals surface area (Å²) in [5.74, 6) is 1.39. The van der Waals surface area contributed by atoms with Crippen LogP contribution in [-0.4, -0.2) is 35.3 Å². The monoisotopic (exact) mass is 344 g/mol. The van der Waals surface area contributed by atoms with Crippen LogP contribution >= 0.6 is 0 Å². The number of nitrogens with two attached hydrogens (primary N) is 2. The Labute approximate surface area is 147 Å². The van der Waals surface area contributed by atoms with Gasteiger partial charge in [0.05, 0.1) is 24.6 Å². The molecule has 1 aliphatic rings. The highest BCUT2D eigenvalue weighted by Gasteiger charge is 2.26. The molecule has 5 N–H and O–H groups in total. The molecule has 0 aromatic carbocycles. The van der Waals surface area contributed by atoms with Gasteiger partial charge in [-0.2, -0.15) is 4.98 Å². The van der Waals surface area contributed by atoms with Crippen LogP contribution in [0.3, 0.4) is 0 Å². The molecule has 1 saturated carbocycles. The number of pyridine rings is 1. The minimum Gasteiger partial charge on any atom is -0.480 e. The van der Waals surface area contributed by atoms with Gasteiger partial charge in [-0.3, -0.25) is 0 Å². The fourth-order valence-electron chi connectivity index (χ4n) is 3.21. The molecule has 0 aliphatic heterocycles. The van der Waals surface area contributed by atoms with Crippen LogP contribution in [0.25, 0.3) is 0 Å². The summed E-state index contributed by atoms with van der Waals surface area (Å²) in [6.45, 7) is 0. The van der Waals surface area contributed by atoms with E-state index in [2.05, 4.69) is 20.3 Å². The third-order valence-electron chi connectivity index (χ3n) is 4.61. The topological polar surface area (TPSA) is 121 Å². The normalized spacial score (nSPS) is 20.2. The Morgan fingerprint density at radius 3 is 2.56 bits per heavy atom. The van der Waals surface area contributed by atoms with Crippen LogP contribution < -0.4 is 21.5 Å². The minimum absolute atomic E-state index is 0.257. The Bertz CT molecular complexity index is 731. The molecular weight excluding hydrogens is 320 g/mol. The minimum atomic E-state index is 0.257. The smallest absolute Gasteiger partial charge is 0.237 e. The fourth-order valence-corrected chi connectivity index (χ4v) is 3.21. The lowest BCUT2D eigenvalue weighted by atomic mass is 9.84. The number of anilines is 4. The first-order chi connectivity index (χ1) is 12.1. The van der Waals surface area contributed by atoms with Crippen LogP contribution in [0.15, 0.2) is 18.3 Å². The van der Waals surface area contributed by atoms with Crippen molar-refractivity contribution in [3.05, 3.63) is 24.0 Å². The molecular formula is C17H24N6O2. The van der Waals surface area contributed by atoms with E-state index in [4.69, 9.17) is 20.9 Å². The summed E-state index contributed by atoms with van der Waals surface area (Å²) in [6, 6.07) is 3.64. The number of hydrogen-bond donors (Lipinski definition) is 3. The maximum absolute atomic E-state index is 6.15. The van der Waals surface area contributed by atoms with Crippen molar-refractivity contribution < 1.29 is 9.47 Å². The van der Waals surface area contributed by atoms with E-state index in [-0.39, 0.29) is 11.7 Å². The van der Waals surface area contributed by atoms with Gasteiger partial charge in [0.25, 0.3) is 0 Å². The summed E-state index contributed by atoms with van der Waals surface area (Å²) in [6.07, 6.45) is 5.88. The average molecular weight is 344 g/mol. The van der Waals surface area contributed by atoms with Gasteiger partial charge in [-0.15, -0.1) is 0 Å². The second-order valence-corrected chi connectivity index (χ2v) is 6.13. The highest BCUT2D eigenvalue weighted by molar-refractivity contribution is 5.67. The molecule has 1 fully saturated rings. The molecule has 0 bridgehead atoms. The standard InChI is InChI=1S/C17H24N6O2/c1-24-11-7-5-10(6-8-11)14-13(18)15(19)23-17(22-14)21-12-4-3-9-20-16(12)25-2/h3-4,9-11H,5-8,18H2,1-2H3,(H3,19,21,22,23)/t10-,11-. The highest BCUT2D eigenvalue weighted by Crippen LogP contribution is 2.37. The predicted octanol–water partition coefficient (Wildman–Crippen LogP) is 2.46. The van der Waals surface area contributed by atoms with E-state index in [0.29, 0.717) is 29.3 Å². The molecule has 0 saturated heterocycles. The lowest BCUT2D eigenvalue weighted by molar-refractivity contribution is 0.0656. The van der Waals surface area contributed by atoms with Crippen LogP contribution in [0, 0.1) is 0 Å². The quantitative estimate of drug-likeness (QED) is 0.756.